The first-order valence-corrected chi connectivity index (χ1v) is 25.8. The summed E-state index contributed by atoms with van der Waals surface area (Å²) >= 11 is 1.86. The van der Waals surface area contributed by atoms with E-state index >= 15 is 0 Å². The van der Waals surface area contributed by atoms with Gasteiger partial charge in [-0.25, -0.2) is 0 Å². The number of aromatic nitrogens is 4. The first-order valence-electron chi connectivity index (χ1n) is 25.0. The van der Waals surface area contributed by atoms with Gasteiger partial charge in [-0.1, -0.05) is 140 Å². The van der Waals surface area contributed by atoms with Crippen LogP contribution in [0.2, 0.25) is 0 Å². The van der Waals surface area contributed by atoms with Gasteiger partial charge in [0, 0.05) is 85.9 Å². The molecule has 0 saturated heterocycles. The maximum atomic E-state index is 2.46. The summed E-state index contributed by atoms with van der Waals surface area (Å²) in [5, 5.41) is 14.6. The fraction of sp³-hybridized carbons (Fsp3) is 0. The van der Waals surface area contributed by atoms with E-state index in [0.717, 1.165) is 44.2 Å². The minimum atomic E-state index is 1.09. The van der Waals surface area contributed by atoms with Gasteiger partial charge in [-0.05, 0) is 137 Å². The predicted octanol–water partition coefficient (Wildman–Crippen LogP) is 18.7. The molecule has 0 aliphatic carbocycles. The molecule has 0 amide bonds. The molecule has 0 radical (unpaired) electrons. The topological polar surface area (TPSA) is 19.7 Å². The molecular formula is C68H42N4S. The molecule has 16 aromatic rings. The summed E-state index contributed by atoms with van der Waals surface area (Å²) in [5.74, 6) is 0. The zero-order valence-corrected chi connectivity index (χ0v) is 40.3. The van der Waals surface area contributed by atoms with Crippen LogP contribution in [0.25, 0.3) is 141 Å². The Hall–Kier alpha value is -9.42. The van der Waals surface area contributed by atoms with E-state index in [2.05, 4.69) is 273 Å². The number of para-hydroxylation sites is 2. The van der Waals surface area contributed by atoms with Crippen molar-refractivity contribution in [2.75, 3.05) is 0 Å². The van der Waals surface area contributed by atoms with Gasteiger partial charge >= 0.3 is 0 Å². The van der Waals surface area contributed by atoms with Crippen LogP contribution >= 0.6 is 11.3 Å². The highest BCUT2D eigenvalue weighted by Gasteiger charge is 2.19. The zero-order valence-electron chi connectivity index (χ0n) is 39.4. The SMILES string of the molecule is c1ccc2c(-n3c4ccccc4c4cc(-n5c6cccc(c6)c6cccc(c6)n(-c6ccc7c8ccccc8n(-c8cccc9ccccc89)c7c6)c6ccc7sc8ccc5cc8c7c6)ccc43)cccc2c1. The minimum absolute atomic E-state index is 1.09. The van der Waals surface area contributed by atoms with E-state index in [-0.39, 0.29) is 0 Å². The summed E-state index contributed by atoms with van der Waals surface area (Å²) < 4.78 is 12.3. The van der Waals surface area contributed by atoms with Gasteiger partial charge in [0.25, 0.3) is 0 Å². The van der Waals surface area contributed by atoms with Crippen LogP contribution in [0.1, 0.15) is 0 Å². The van der Waals surface area contributed by atoms with Crippen molar-refractivity contribution in [1.82, 2.24) is 18.3 Å². The number of thiophene rings is 1. The van der Waals surface area contributed by atoms with E-state index in [9.17, 15) is 0 Å². The Balaban J connectivity index is 0.970. The van der Waals surface area contributed by atoms with Crippen LogP contribution < -0.4 is 0 Å². The molecule has 0 atom stereocenters. The highest BCUT2D eigenvalue weighted by molar-refractivity contribution is 7.25. The molecular weight excluding hydrogens is 905 g/mol. The Morgan fingerprint density at radius 1 is 0.219 bits per heavy atom. The second-order valence-electron chi connectivity index (χ2n) is 19.3. The molecule has 8 bridgehead atoms. The lowest BCUT2D eigenvalue weighted by Gasteiger charge is -2.15. The van der Waals surface area contributed by atoms with E-state index in [4.69, 9.17) is 0 Å². The third kappa shape index (κ3) is 6.07. The molecule has 16 rings (SSSR count). The van der Waals surface area contributed by atoms with Crippen molar-refractivity contribution in [3.8, 4) is 22.7 Å². The van der Waals surface area contributed by atoms with Gasteiger partial charge in [-0.3, -0.25) is 0 Å². The smallest absolute Gasteiger partial charge is 0.0562 e. The van der Waals surface area contributed by atoms with Crippen LogP contribution in [-0.2, 0) is 0 Å². The lowest BCUT2D eigenvalue weighted by atomic mass is 10.1. The standard InChI is InChI=1S/C68H42N4S/c1-3-21-53-43(13-1)15-11-27-61(53)71-64-26-8-6-24-56(64)58-39-49(30-34-65(58)71)69-47-19-9-17-45(37-47)46-18-10-20-48(38-46)70(51-32-36-68-60(41-51)59-40-50(69)31-35-67(59)73-68)52-29-33-57-55-23-5-7-25-63(55)72(66(57)42-52)62-28-12-16-44-14-2-4-22-54(44)62/h1-42H. The van der Waals surface area contributed by atoms with Crippen molar-refractivity contribution < 1.29 is 0 Å². The second kappa shape index (κ2) is 15.5. The van der Waals surface area contributed by atoms with Gasteiger partial charge in [0.1, 0.15) is 0 Å². The molecule has 0 unspecified atom stereocenters. The summed E-state index contributed by atoms with van der Waals surface area (Å²) in [6.45, 7) is 0. The van der Waals surface area contributed by atoms with Gasteiger partial charge in [0.15, 0.2) is 0 Å². The Kier molecular flexibility index (Phi) is 8.58. The fourth-order valence-electron chi connectivity index (χ4n) is 12.1. The molecule has 4 aromatic heterocycles. The molecule has 0 aliphatic heterocycles. The Labute approximate surface area is 423 Å². The number of hydrogen-bond acceptors (Lipinski definition) is 1. The van der Waals surface area contributed by atoms with Crippen molar-refractivity contribution in [2.24, 2.45) is 0 Å². The van der Waals surface area contributed by atoms with Crippen LogP contribution in [0, 0.1) is 0 Å². The van der Waals surface area contributed by atoms with Crippen LogP contribution in [0.3, 0.4) is 0 Å². The maximum Gasteiger partial charge on any atom is 0.0562 e. The van der Waals surface area contributed by atoms with Crippen LogP contribution in [0.15, 0.2) is 255 Å². The van der Waals surface area contributed by atoms with Crippen molar-refractivity contribution >= 4 is 130 Å². The number of hydrogen-bond donors (Lipinski definition) is 0. The average molecular weight is 947 g/mol. The third-order valence-electron chi connectivity index (χ3n) is 15.3. The summed E-state index contributed by atoms with van der Waals surface area (Å²) in [7, 11) is 0. The summed E-state index contributed by atoms with van der Waals surface area (Å²) in [4.78, 5) is 0. The van der Waals surface area contributed by atoms with Crippen LogP contribution in [0.4, 0.5) is 0 Å². The largest absolute Gasteiger partial charge is 0.310 e. The predicted molar refractivity (Wildman–Crippen MR) is 312 cm³/mol. The summed E-state index contributed by atoms with van der Waals surface area (Å²) in [6, 6.07) is 94.7. The van der Waals surface area contributed by atoms with Crippen molar-refractivity contribution in [2.45, 2.75) is 0 Å². The maximum absolute atomic E-state index is 2.46. The van der Waals surface area contributed by atoms with E-state index in [1.54, 1.807) is 0 Å². The normalized spacial score (nSPS) is 12.1. The molecule has 4 nitrogen and oxygen atoms in total. The number of rotatable bonds is 4. The van der Waals surface area contributed by atoms with Gasteiger partial charge < -0.3 is 18.3 Å². The Morgan fingerprint density at radius 2 is 0.644 bits per heavy atom. The number of fused-ring (bicyclic) bond motifs is 15. The van der Waals surface area contributed by atoms with Crippen LogP contribution in [-0.4, -0.2) is 18.3 Å². The first-order chi connectivity index (χ1) is 36.2. The van der Waals surface area contributed by atoms with Crippen LogP contribution in [0.5, 0.6) is 0 Å². The number of nitrogens with zero attached hydrogens (tertiary/aromatic N) is 4. The lowest BCUT2D eigenvalue weighted by molar-refractivity contribution is 1.15. The monoisotopic (exact) mass is 946 g/mol. The highest BCUT2D eigenvalue weighted by Crippen LogP contribution is 2.41. The van der Waals surface area contributed by atoms with Gasteiger partial charge in [-0.2, -0.15) is 0 Å². The second-order valence-corrected chi connectivity index (χ2v) is 20.4. The quantitative estimate of drug-likeness (QED) is 0.168. The van der Waals surface area contributed by atoms with E-state index in [1.165, 1.54) is 96.7 Å². The lowest BCUT2D eigenvalue weighted by Crippen LogP contribution is -1.99. The molecule has 0 spiro atoms. The van der Waals surface area contributed by atoms with Gasteiger partial charge in [-0.15, -0.1) is 11.3 Å². The van der Waals surface area contributed by atoms with Crippen molar-refractivity contribution in [3.05, 3.63) is 255 Å². The van der Waals surface area contributed by atoms with Gasteiger partial charge in [0.2, 0.25) is 0 Å². The van der Waals surface area contributed by atoms with Crippen molar-refractivity contribution in [1.29, 1.82) is 0 Å². The molecule has 0 saturated carbocycles. The van der Waals surface area contributed by atoms with E-state index in [0.29, 0.717) is 0 Å². The minimum Gasteiger partial charge on any atom is -0.310 e. The molecule has 5 heteroatoms. The summed E-state index contributed by atoms with van der Waals surface area (Å²) in [6.07, 6.45) is 0. The average Bonchev–Trinajstić information content (AvgIpc) is 4.10. The fourth-order valence-corrected chi connectivity index (χ4v) is 13.2. The summed E-state index contributed by atoms with van der Waals surface area (Å²) in [5.41, 5.74) is 13.7. The first kappa shape index (κ1) is 40.3. The molecule has 340 valence electrons. The molecule has 0 fully saturated rings. The molecule has 12 aromatic carbocycles. The van der Waals surface area contributed by atoms with E-state index in [1.807, 2.05) is 11.3 Å². The van der Waals surface area contributed by atoms with E-state index < -0.39 is 0 Å². The van der Waals surface area contributed by atoms with Gasteiger partial charge in [0.05, 0.1) is 33.4 Å². The number of benzene rings is 12. The molecule has 4 heterocycles. The van der Waals surface area contributed by atoms with Crippen molar-refractivity contribution in [3.63, 3.8) is 0 Å². The molecule has 0 aliphatic rings. The molecule has 73 heavy (non-hydrogen) atoms. The Bertz CT molecular complexity index is 5040. The third-order valence-corrected chi connectivity index (χ3v) is 16.5. The highest BCUT2D eigenvalue weighted by atomic mass is 32.1. The Morgan fingerprint density at radius 3 is 1.25 bits per heavy atom. The molecule has 0 N–H and O–H groups in total. The zero-order chi connectivity index (χ0) is 47.7.